The first-order valence-corrected chi connectivity index (χ1v) is 7.42. The number of nitrogens with two attached hydrogens (primary N) is 1. The molecule has 0 heterocycles. The molecule has 0 aromatic heterocycles. The van der Waals surface area contributed by atoms with Gasteiger partial charge in [-0.05, 0) is 43.9 Å². The second kappa shape index (κ2) is 7.73. The third-order valence-electron chi connectivity index (χ3n) is 3.52. The molecule has 22 heavy (non-hydrogen) atoms. The number of nitrogens with zero attached hydrogens (tertiary/aromatic N) is 2. The Hall–Kier alpha value is -2.17. The van der Waals surface area contributed by atoms with Crippen LogP contribution < -0.4 is 10.6 Å². The first-order chi connectivity index (χ1) is 10.6. The van der Waals surface area contributed by atoms with Crippen molar-refractivity contribution in [2.75, 3.05) is 32.1 Å². The summed E-state index contributed by atoms with van der Waals surface area (Å²) in [6.07, 6.45) is 0. The summed E-state index contributed by atoms with van der Waals surface area (Å²) in [5.41, 5.74) is 8.23. The van der Waals surface area contributed by atoms with Crippen LogP contribution in [0.25, 0.3) is 0 Å². The molecule has 4 heteroatoms. The number of carbonyl (C=O) groups is 1. The van der Waals surface area contributed by atoms with Crippen LogP contribution in [0, 0.1) is 0 Å². The number of rotatable bonds is 6. The molecule has 2 rings (SSSR count). The molecular formula is C18H23N3O. The predicted molar refractivity (Wildman–Crippen MR) is 91.0 cm³/mol. The molecule has 0 radical (unpaired) electrons. The zero-order valence-electron chi connectivity index (χ0n) is 13.2. The molecule has 0 saturated carbocycles. The number of anilines is 1. The average Bonchev–Trinajstić information content (AvgIpc) is 2.55. The number of hydrogen-bond donors (Lipinski definition) is 1. The molecule has 1 amide bonds. The molecule has 0 aliphatic heterocycles. The lowest BCUT2D eigenvalue weighted by molar-refractivity contribution is 0.0985. The highest BCUT2D eigenvalue weighted by Crippen LogP contribution is 2.17. The van der Waals surface area contributed by atoms with E-state index in [9.17, 15) is 4.79 Å². The Morgan fingerprint density at radius 3 is 2.14 bits per heavy atom. The van der Waals surface area contributed by atoms with Gasteiger partial charge in [0.2, 0.25) is 0 Å². The molecule has 0 saturated heterocycles. The average molecular weight is 297 g/mol. The van der Waals surface area contributed by atoms with Crippen molar-refractivity contribution < 1.29 is 4.79 Å². The molecule has 2 aromatic carbocycles. The summed E-state index contributed by atoms with van der Waals surface area (Å²) in [5.74, 6) is 0.0108. The zero-order valence-corrected chi connectivity index (χ0v) is 13.2. The van der Waals surface area contributed by atoms with E-state index in [2.05, 4.69) is 4.90 Å². The van der Waals surface area contributed by atoms with Gasteiger partial charge < -0.3 is 15.5 Å². The van der Waals surface area contributed by atoms with Crippen LogP contribution in [0.4, 0.5) is 5.69 Å². The topological polar surface area (TPSA) is 49.6 Å². The third kappa shape index (κ3) is 4.16. The summed E-state index contributed by atoms with van der Waals surface area (Å²) in [6, 6.07) is 17.3. The molecule has 0 unspecified atom stereocenters. The fraction of sp³-hybridized carbons (Fsp3) is 0.278. The summed E-state index contributed by atoms with van der Waals surface area (Å²) < 4.78 is 0. The summed E-state index contributed by atoms with van der Waals surface area (Å²) >= 11 is 0. The first-order valence-electron chi connectivity index (χ1n) is 7.42. The molecule has 0 aliphatic rings. The smallest absolute Gasteiger partial charge is 0.258 e. The van der Waals surface area contributed by atoms with E-state index in [1.165, 1.54) is 0 Å². The molecule has 0 fully saturated rings. The maximum Gasteiger partial charge on any atom is 0.258 e. The summed E-state index contributed by atoms with van der Waals surface area (Å²) in [5, 5.41) is 0. The molecule has 0 aliphatic carbocycles. The van der Waals surface area contributed by atoms with E-state index < -0.39 is 0 Å². The Bertz CT molecular complexity index is 593. The van der Waals surface area contributed by atoms with E-state index >= 15 is 0 Å². The van der Waals surface area contributed by atoms with E-state index in [0.29, 0.717) is 18.7 Å². The van der Waals surface area contributed by atoms with Crippen molar-refractivity contribution >= 4 is 11.6 Å². The normalized spacial score (nSPS) is 10.7. The number of carbonyl (C=O) groups excluding carboxylic acids is 1. The lowest BCUT2D eigenvalue weighted by Gasteiger charge is -2.24. The van der Waals surface area contributed by atoms with Crippen LogP contribution in [0.2, 0.25) is 0 Å². The zero-order chi connectivity index (χ0) is 15.9. The van der Waals surface area contributed by atoms with Gasteiger partial charge in [0.15, 0.2) is 0 Å². The van der Waals surface area contributed by atoms with Gasteiger partial charge in [-0.25, -0.2) is 0 Å². The van der Waals surface area contributed by atoms with Crippen LogP contribution in [0.3, 0.4) is 0 Å². The Balaban J connectivity index is 2.24. The minimum Gasteiger partial charge on any atom is -0.326 e. The van der Waals surface area contributed by atoms with E-state index in [-0.39, 0.29) is 5.91 Å². The highest BCUT2D eigenvalue weighted by molar-refractivity contribution is 6.06. The van der Waals surface area contributed by atoms with Gasteiger partial charge >= 0.3 is 0 Å². The van der Waals surface area contributed by atoms with Crippen molar-refractivity contribution in [1.29, 1.82) is 0 Å². The molecule has 2 N–H and O–H groups in total. The van der Waals surface area contributed by atoms with Crippen molar-refractivity contribution in [2.45, 2.75) is 6.54 Å². The number of para-hydroxylation sites is 1. The maximum atomic E-state index is 12.8. The number of benzene rings is 2. The molecule has 0 spiro atoms. The van der Waals surface area contributed by atoms with Crippen LogP contribution in [0.1, 0.15) is 15.9 Å². The van der Waals surface area contributed by atoms with Gasteiger partial charge in [-0.2, -0.15) is 0 Å². The monoisotopic (exact) mass is 297 g/mol. The van der Waals surface area contributed by atoms with Gasteiger partial charge in [0.05, 0.1) is 0 Å². The number of amides is 1. The minimum atomic E-state index is 0.0108. The maximum absolute atomic E-state index is 12.8. The van der Waals surface area contributed by atoms with Gasteiger partial charge in [0.25, 0.3) is 5.91 Å². The van der Waals surface area contributed by atoms with Gasteiger partial charge in [-0.3, -0.25) is 4.79 Å². The predicted octanol–water partition coefficient (Wildman–Crippen LogP) is 2.35. The molecule has 2 aromatic rings. The SMILES string of the molecule is CN(C)CCN(C(=O)c1ccc(CN)cc1)c1ccccc1. The third-order valence-corrected chi connectivity index (χ3v) is 3.52. The van der Waals surface area contributed by atoms with Gasteiger partial charge in [-0.15, -0.1) is 0 Å². The van der Waals surface area contributed by atoms with Crippen molar-refractivity contribution in [3.8, 4) is 0 Å². The lowest BCUT2D eigenvalue weighted by Crippen LogP contribution is -2.36. The fourth-order valence-corrected chi connectivity index (χ4v) is 2.20. The summed E-state index contributed by atoms with van der Waals surface area (Å²) in [4.78, 5) is 16.7. The summed E-state index contributed by atoms with van der Waals surface area (Å²) in [7, 11) is 4.01. The van der Waals surface area contributed by atoms with Crippen molar-refractivity contribution in [3.63, 3.8) is 0 Å². The van der Waals surface area contributed by atoms with Crippen LogP contribution in [-0.2, 0) is 6.54 Å². The Morgan fingerprint density at radius 2 is 1.59 bits per heavy atom. The second-order valence-corrected chi connectivity index (χ2v) is 5.50. The van der Waals surface area contributed by atoms with E-state index in [1.807, 2.05) is 73.6 Å². The van der Waals surface area contributed by atoms with E-state index in [4.69, 9.17) is 5.73 Å². The standard InChI is InChI=1S/C18H23N3O/c1-20(2)12-13-21(17-6-4-3-5-7-17)18(22)16-10-8-15(14-19)9-11-16/h3-11H,12-14,19H2,1-2H3. The number of hydrogen-bond acceptors (Lipinski definition) is 3. The Kier molecular flexibility index (Phi) is 5.69. The van der Waals surface area contributed by atoms with E-state index in [1.54, 1.807) is 0 Å². The molecule has 0 atom stereocenters. The van der Waals surface area contributed by atoms with Gasteiger partial charge in [0.1, 0.15) is 0 Å². The molecular weight excluding hydrogens is 274 g/mol. The summed E-state index contributed by atoms with van der Waals surface area (Å²) in [6.45, 7) is 1.94. The molecule has 4 nitrogen and oxygen atoms in total. The lowest BCUT2D eigenvalue weighted by atomic mass is 10.1. The Morgan fingerprint density at radius 1 is 0.955 bits per heavy atom. The second-order valence-electron chi connectivity index (χ2n) is 5.50. The number of likely N-dealkylation sites (N-methyl/N-ethyl adjacent to an activating group) is 1. The van der Waals surface area contributed by atoms with Crippen molar-refractivity contribution in [1.82, 2.24) is 4.90 Å². The van der Waals surface area contributed by atoms with Crippen LogP contribution in [0.15, 0.2) is 54.6 Å². The largest absolute Gasteiger partial charge is 0.326 e. The Labute approximate surface area is 132 Å². The van der Waals surface area contributed by atoms with Gasteiger partial charge in [0, 0.05) is 30.9 Å². The quantitative estimate of drug-likeness (QED) is 0.890. The van der Waals surface area contributed by atoms with Crippen LogP contribution >= 0.6 is 0 Å². The highest BCUT2D eigenvalue weighted by atomic mass is 16.2. The first kappa shape index (κ1) is 16.2. The highest BCUT2D eigenvalue weighted by Gasteiger charge is 2.17. The van der Waals surface area contributed by atoms with Gasteiger partial charge in [-0.1, -0.05) is 30.3 Å². The molecule has 116 valence electrons. The van der Waals surface area contributed by atoms with Crippen molar-refractivity contribution in [2.24, 2.45) is 5.73 Å². The molecule has 0 bridgehead atoms. The van der Waals surface area contributed by atoms with Crippen LogP contribution in [-0.4, -0.2) is 38.0 Å². The van der Waals surface area contributed by atoms with Crippen LogP contribution in [0.5, 0.6) is 0 Å². The van der Waals surface area contributed by atoms with E-state index in [0.717, 1.165) is 17.8 Å². The minimum absolute atomic E-state index is 0.0108. The fourth-order valence-electron chi connectivity index (χ4n) is 2.20. The van der Waals surface area contributed by atoms with Crippen molar-refractivity contribution in [3.05, 3.63) is 65.7 Å².